The molecule has 8 nitrogen and oxygen atoms in total. The van der Waals surface area contributed by atoms with E-state index in [9.17, 15) is 13.2 Å². The highest BCUT2D eigenvalue weighted by Crippen LogP contribution is 2.31. The van der Waals surface area contributed by atoms with Gasteiger partial charge in [0.25, 0.3) is 21.8 Å². The summed E-state index contributed by atoms with van der Waals surface area (Å²) in [5, 5.41) is 10.3. The van der Waals surface area contributed by atoms with E-state index in [1.807, 2.05) is 18.2 Å². The van der Waals surface area contributed by atoms with Gasteiger partial charge in [0, 0.05) is 12.6 Å². The van der Waals surface area contributed by atoms with Crippen LogP contribution in [-0.2, 0) is 10.0 Å². The van der Waals surface area contributed by atoms with Crippen LogP contribution in [0.3, 0.4) is 0 Å². The number of amides is 1. The molecule has 0 atom stereocenters. The van der Waals surface area contributed by atoms with Crippen molar-refractivity contribution in [2.24, 2.45) is 0 Å². The van der Waals surface area contributed by atoms with Gasteiger partial charge in [0.1, 0.15) is 0 Å². The summed E-state index contributed by atoms with van der Waals surface area (Å²) in [6.45, 7) is 0. The topological polar surface area (TPSA) is 105 Å². The zero-order chi connectivity index (χ0) is 22.0. The number of carbonyl (C=O) groups is 1. The van der Waals surface area contributed by atoms with Crippen LogP contribution in [0, 0.1) is 0 Å². The number of sulfonamides is 1. The Balaban J connectivity index is 1.48. The van der Waals surface area contributed by atoms with E-state index in [2.05, 4.69) is 31.4 Å². The number of benzene rings is 2. The van der Waals surface area contributed by atoms with E-state index in [-0.39, 0.29) is 22.4 Å². The normalized spacial score (nSPS) is 11.3. The lowest BCUT2D eigenvalue weighted by atomic mass is 10.2. The van der Waals surface area contributed by atoms with Gasteiger partial charge in [0.05, 0.1) is 19.2 Å². The van der Waals surface area contributed by atoms with Gasteiger partial charge >= 0.3 is 6.01 Å². The Hall–Kier alpha value is -3.02. The molecule has 0 aliphatic carbocycles. The Bertz CT molecular complexity index is 1320. The third-order valence-corrected chi connectivity index (χ3v) is 7.74. The molecule has 0 aliphatic rings. The second-order valence-electron chi connectivity index (χ2n) is 6.30. The number of rotatable bonds is 6. The Morgan fingerprint density at radius 3 is 2.39 bits per heavy atom. The molecule has 0 bridgehead atoms. The molecule has 2 heterocycles. The standard InChI is InChI=1S/C20H15BrN4O4S2/c1-25(14-5-3-2-4-6-14)31(27,28)15-9-7-13(8-10-15)18(26)22-20-24-23-19(29-20)16-11-12-17(21)30-16/h2-12H,1H3,(H,22,24,26). The van der Waals surface area contributed by atoms with Crippen molar-refractivity contribution in [3.63, 3.8) is 0 Å². The number of thiophene rings is 1. The summed E-state index contributed by atoms with van der Waals surface area (Å²) in [4.78, 5) is 13.3. The average molecular weight is 519 g/mol. The Morgan fingerprint density at radius 1 is 1.03 bits per heavy atom. The predicted octanol–water partition coefficient (Wildman–Crippen LogP) is 4.64. The lowest BCUT2D eigenvalue weighted by Gasteiger charge is -2.19. The molecule has 31 heavy (non-hydrogen) atoms. The summed E-state index contributed by atoms with van der Waals surface area (Å²) in [7, 11) is -2.28. The number of carbonyl (C=O) groups excluding carboxylic acids is 1. The summed E-state index contributed by atoms with van der Waals surface area (Å²) in [6, 6.07) is 18.0. The molecule has 158 valence electrons. The minimum Gasteiger partial charge on any atom is -0.402 e. The maximum atomic E-state index is 12.8. The summed E-state index contributed by atoms with van der Waals surface area (Å²) >= 11 is 4.78. The molecular weight excluding hydrogens is 504 g/mol. The maximum Gasteiger partial charge on any atom is 0.322 e. The van der Waals surface area contributed by atoms with Crippen LogP contribution in [0.15, 0.2) is 79.8 Å². The molecule has 0 spiro atoms. The summed E-state index contributed by atoms with van der Waals surface area (Å²) in [5.74, 6) is -0.209. The number of nitrogens with zero attached hydrogens (tertiary/aromatic N) is 3. The van der Waals surface area contributed by atoms with Crippen LogP contribution < -0.4 is 9.62 Å². The molecule has 2 aromatic heterocycles. The van der Waals surface area contributed by atoms with Crippen LogP contribution in [0.1, 0.15) is 10.4 Å². The van der Waals surface area contributed by atoms with Gasteiger partial charge < -0.3 is 4.42 Å². The SMILES string of the molecule is CN(c1ccccc1)S(=O)(=O)c1ccc(C(=O)Nc2nnc(-c3ccc(Br)s3)o2)cc1. The number of para-hydroxylation sites is 1. The van der Waals surface area contributed by atoms with Crippen molar-refractivity contribution < 1.29 is 17.6 Å². The van der Waals surface area contributed by atoms with Gasteiger partial charge in [-0.15, -0.1) is 16.4 Å². The fourth-order valence-electron chi connectivity index (χ4n) is 2.68. The van der Waals surface area contributed by atoms with Crippen molar-refractivity contribution in [1.82, 2.24) is 10.2 Å². The number of hydrogen-bond acceptors (Lipinski definition) is 7. The van der Waals surface area contributed by atoms with E-state index >= 15 is 0 Å². The van der Waals surface area contributed by atoms with Crippen molar-refractivity contribution in [2.45, 2.75) is 4.90 Å². The first-order chi connectivity index (χ1) is 14.8. The highest BCUT2D eigenvalue weighted by Gasteiger charge is 2.22. The van der Waals surface area contributed by atoms with Crippen LogP contribution >= 0.6 is 27.3 Å². The van der Waals surface area contributed by atoms with Gasteiger partial charge in [-0.05, 0) is 64.5 Å². The molecule has 11 heteroatoms. The molecule has 1 N–H and O–H groups in total. The Morgan fingerprint density at radius 2 is 1.74 bits per heavy atom. The molecule has 0 aliphatic heterocycles. The zero-order valence-electron chi connectivity index (χ0n) is 16.0. The van der Waals surface area contributed by atoms with E-state index < -0.39 is 15.9 Å². The molecule has 4 aromatic rings. The largest absolute Gasteiger partial charge is 0.402 e. The van der Waals surface area contributed by atoms with Crippen molar-refractivity contribution in [3.8, 4) is 10.8 Å². The van der Waals surface area contributed by atoms with Gasteiger partial charge in [-0.25, -0.2) is 8.42 Å². The lowest BCUT2D eigenvalue weighted by Crippen LogP contribution is -2.26. The van der Waals surface area contributed by atoms with E-state index in [1.54, 1.807) is 24.3 Å². The predicted molar refractivity (Wildman–Crippen MR) is 122 cm³/mol. The quantitative estimate of drug-likeness (QED) is 0.398. The minimum absolute atomic E-state index is 0.0509. The van der Waals surface area contributed by atoms with E-state index in [0.29, 0.717) is 5.69 Å². The first-order valence-electron chi connectivity index (χ1n) is 8.89. The molecule has 0 unspecified atom stereocenters. The molecular formula is C20H15BrN4O4S2. The van der Waals surface area contributed by atoms with Crippen LogP contribution in [0.5, 0.6) is 0 Å². The number of anilines is 2. The van der Waals surface area contributed by atoms with Crippen LogP contribution in [-0.4, -0.2) is 31.6 Å². The summed E-state index contributed by atoms with van der Waals surface area (Å²) < 4.78 is 33.2. The number of hydrogen-bond donors (Lipinski definition) is 1. The molecule has 2 aromatic carbocycles. The maximum absolute atomic E-state index is 12.8. The van der Waals surface area contributed by atoms with Crippen molar-refractivity contribution in [3.05, 3.63) is 76.1 Å². The van der Waals surface area contributed by atoms with E-state index in [0.717, 1.165) is 8.66 Å². The van der Waals surface area contributed by atoms with Gasteiger partial charge in [-0.2, -0.15) is 0 Å². The van der Waals surface area contributed by atoms with E-state index in [1.165, 1.54) is 47.0 Å². The smallest absolute Gasteiger partial charge is 0.322 e. The molecule has 1 amide bonds. The number of aromatic nitrogens is 2. The van der Waals surface area contributed by atoms with Crippen molar-refractivity contribution in [1.29, 1.82) is 0 Å². The first-order valence-corrected chi connectivity index (χ1v) is 11.9. The number of nitrogens with one attached hydrogen (secondary N) is 1. The molecule has 0 radical (unpaired) electrons. The van der Waals surface area contributed by atoms with Crippen LogP contribution in [0.4, 0.5) is 11.7 Å². The van der Waals surface area contributed by atoms with Crippen LogP contribution in [0.2, 0.25) is 0 Å². The highest BCUT2D eigenvalue weighted by atomic mass is 79.9. The van der Waals surface area contributed by atoms with Crippen molar-refractivity contribution in [2.75, 3.05) is 16.7 Å². The highest BCUT2D eigenvalue weighted by molar-refractivity contribution is 9.11. The molecule has 0 saturated carbocycles. The van der Waals surface area contributed by atoms with Gasteiger partial charge in [0.15, 0.2) is 0 Å². The minimum atomic E-state index is -3.76. The average Bonchev–Trinajstić information content (AvgIpc) is 3.42. The van der Waals surface area contributed by atoms with Gasteiger partial charge in [-0.3, -0.25) is 14.4 Å². The van der Waals surface area contributed by atoms with E-state index in [4.69, 9.17) is 4.42 Å². The third kappa shape index (κ3) is 4.53. The van der Waals surface area contributed by atoms with Crippen LogP contribution in [0.25, 0.3) is 10.8 Å². The number of halogens is 1. The monoisotopic (exact) mass is 518 g/mol. The lowest BCUT2D eigenvalue weighted by molar-refractivity contribution is 0.102. The van der Waals surface area contributed by atoms with Crippen molar-refractivity contribution >= 4 is 54.9 Å². The summed E-state index contributed by atoms with van der Waals surface area (Å²) in [5.41, 5.74) is 0.786. The first kappa shape index (κ1) is 21.2. The second kappa shape index (κ2) is 8.61. The molecule has 0 fully saturated rings. The molecule has 0 saturated heterocycles. The third-order valence-electron chi connectivity index (χ3n) is 4.32. The Labute approximate surface area is 190 Å². The fraction of sp³-hybridized carbons (Fsp3) is 0.0500. The summed E-state index contributed by atoms with van der Waals surface area (Å²) in [6.07, 6.45) is 0. The molecule has 4 rings (SSSR count). The fourth-order valence-corrected chi connectivity index (χ4v) is 5.19. The van der Waals surface area contributed by atoms with Gasteiger partial charge in [-0.1, -0.05) is 23.3 Å². The zero-order valence-corrected chi connectivity index (χ0v) is 19.2. The second-order valence-corrected chi connectivity index (χ2v) is 10.7. The van der Waals surface area contributed by atoms with Gasteiger partial charge in [0.2, 0.25) is 0 Å². The Kier molecular flexibility index (Phi) is 5.90.